The van der Waals surface area contributed by atoms with Gasteiger partial charge in [0.15, 0.2) is 5.76 Å². The molecule has 2 aliphatic rings. The highest BCUT2D eigenvalue weighted by Crippen LogP contribution is 2.47. The third-order valence-corrected chi connectivity index (χ3v) is 5.79. The van der Waals surface area contributed by atoms with Gasteiger partial charge in [0.25, 0.3) is 5.91 Å². The van der Waals surface area contributed by atoms with Gasteiger partial charge in [-0.1, -0.05) is 35.5 Å². The number of aryl methyl sites for hydroxylation is 2. The number of hydrogen-bond donors (Lipinski definition) is 1. The molecule has 140 valence electrons. The van der Waals surface area contributed by atoms with Gasteiger partial charge in [0.05, 0.1) is 0 Å². The van der Waals surface area contributed by atoms with Gasteiger partial charge in [-0.15, -0.1) is 0 Å². The molecule has 1 aromatic carbocycles. The maximum Gasteiger partial charge on any atom is 0.256 e. The van der Waals surface area contributed by atoms with Crippen LogP contribution >= 0.6 is 0 Å². The summed E-state index contributed by atoms with van der Waals surface area (Å²) < 4.78 is 5.15. The summed E-state index contributed by atoms with van der Waals surface area (Å²) in [5, 5.41) is 6.86. The molecule has 1 aliphatic heterocycles. The van der Waals surface area contributed by atoms with Crippen LogP contribution in [0, 0.1) is 13.8 Å². The molecular weight excluding hydrogens is 342 g/mol. The smallest absolute Gasteiger partial charge is 0.256 e. The molecule has 0 atom stereocenters. The van der Waals surface area contributed by atoms with Crippen molar-refractivity contribution in [1.29, 1.82) is 0 Å². The van der Waals surface area contributed by atoms with E-state index in [1.165, 1.54) is 5.56 Å². The number of aromatic nitrogens is 1. The summed E-state index contributed by atoms with van der Waals surface area (Å²) in [6.45, 7) is 6.62. The molecule has 1 saturated heterocycles. The molecule has 1 spiro atoms. The minimum absolute atomic E-state index is 0.108. The molecule has 1 aromatic heterocycles. The van der Waals surface area contributed by atoms with Gasteiger partial charge in [0, 0.05) is 31.0 Å². The quantitative estimate of drug-likeness (QED) is 0.887. The largest absolute Gasteiger partial charge is 0.359 e. The van der Waals surface area contributed by atoms with E-state index in [1.807, 2.05) is 30.0 Å². The second-order valence-corrected chi connectivity index (χ2v) is 7.42. The first-order valence-corrected chi connectivity index (χ1v) is 9.24. The van der Waals surface area contributed by atoms with Crippen LogP contribution in [0.1, 0.15) is 42.3 Å². The Kier molecular flexibility index (Phi) is 4.13. The Morgan fingerprint density at radius 1 is 1.19 bits per heavy atom. The van der Waals surface area contributed by atoms with Crippen LogP contribution in [-0.2, 0) is 15.0 Å². The Bertz CT molecular complexity index is 930. The van der Waals surface area contributed by atoms with E-state index in [0.29, 0.717) is 35.8 Å². The molecule has 6 nitrogen and oxygen atoms in total. The molecule has 4 rings (SSSR count). The fourth-order valence-electron chi connectivity index (χ4n) is 4.25. The van der Waals surface area contributed by atoms with Crippen molar-refractivity contribution in [2.24, 2.45) is 0 Å². The number of piperidine rings is 1. The molecule has 2 amide bonds. The van der Waals surface area contributed by atoms with Crippen molar-refractivity contribution < 1.29 is 14.1 Å². The highest BCUT2D eigenvalue weighted by Gasteiger charge is 2.42. The zero-order valence-corrected chi connectivity index (χ0v) is 15.8. The molecule has 1 fully saturated rings. The zero-order valence-electron chi connectivity index (χ0n) is 15.8. The molecule has 1 aliphatic carbocycles. The minimum atomic E-state index is -0.187. The number of rotatable bonds is 2. The van der Waals surface area contributed by atoms with Gasteiger partial charge < -0.3 is 14.7 Å². The monoisotopic (exact) mass is 365 g/mol. The van der Waals surface area contributed by atoms with Crippen molar-refractivity contribution in [3.05, 3.63) is 52.9 Å². The van der Waals surface area contributed by atoms with Crippen LogP contribution in [0.2, 0.25) is 0 Å². The van der Waals surface area contributed by atoms with Gasteiger partial charge in [-0.05, 0) is 37.8 Å². The lowest BCUT2D eigenvalue weighted by molar-refractivity contribution is -0.130. The van der Waals surface area contributed by atoms with Gasteiger partial charge in [0.1, 0.15) is 11.4 Å². The average molecular weight is 365 g/mol. The molecule has 0 unspecified atom stereocenters. The number of amides is 2. The van der Waals surface area contributed by atoms with Gasteiger partial charge in [-0.3, -0.25) is 9.59 Å². The number of anilines is 1. The molecule has 1 N–H and O–H groups in total. The van der Waals surface area contributed by atoms with E-state index in [9.17, 15) is 9.59 Å². The Balaban J connectivity index is 1.67. The second-order valence-electron chi connectivity index (χ2n) is 7.42. The van der Waals surface area contributed by atoms with Gasteiger partial charge >= 0.3 is 0 Å². The number of likely N-dealkylation sites (tertiary alicyclic amines) is 1. The predicted octanol–water partition coefficient (Wildman–Crippen LogP) is 3.21. The molecule has 0 saturated carbocycles. The normalized spacial score (nSPS) is 17.6. The van der Waals surface area contributed by atoms with Gasteiger partial charge in [-0.25, -0.2) is 0 Å². The Hall–Kier alpha value is -2.89. The number of allylic oxidation sites excluding steroid dienone is 1. The third-order valence-electron chi connectivity index (χ3n) is 5.79. The van der Waals surface area contributed by atoms with Crippen molar-refractivity contribution in [3.63, 3.8) is 0 Å². The molecule has 27 heavy (non-hydrogen) atoms. The van der Waals surface area contributed by atoms with E-state index in [4.69, 9.17) is 4.52 Å². The summed E-state index contributed by atoms with van der Waals surface area (Å²) in [5.41, 5.74) is 3.94. The number of nitrogens with zero attached hydrogens (tertiary/aromatic N) is 2. The van der Waals surface area contributed by atoms with Crippen LogP contribution in [0.3, 0.4) is 0 Å². The number of nitrogens with one attached hydrogen (secondary N) is 1. The lowest BCUT2D eigenvalue weighted by Gasteiger charge is -2.38. The fourth-order valence-corrected chi connectivity index (χ4v) is 4.25. The lowest BCUT2D eigenvalue weighted by Crippen LogP contribution is -2.43. The van der Waals surface area contributed by atoms with Crippen molar-refractivity contribution in [3.8, 4) is 0 Å². The van der Waals surface area contributed by atoms with E-state index in [2.05, 4.69) is 22.6 Å². The Labute approximate surface area is 158 Å². The third kappa shape index (κ3) is 2.85. The summed E-state index contributed by atoms with van der Waals surface area (Å²) in [5.74, 6) is 0.552. The summed E-state index contributed by atoms with van der Waals surface area (Å²) in [7, 11) is 0. The molecule has 2 heterocycles. The van der Waals surface area contributed by atoms with Crippen LogP contribution in [-0.4, -0.2) is 35.0 Å². The highest BCUT2D eigenvalue weighted by atomic mass is 16.5. The average Bonchev–Trinajstić information content (AvgIpc) is 3.15. The van der Waals surface area contributed by atoms with E-state index >= 15 is 0 Å². The van der Waals surface area contributed by atoms with Crippen LogP contribution in [0.25, 0.3) is 5.57 Å². The van der Waals surface area contributed by atoms with E-state index in [0.717, 1.165) is 18.4 Å². The van der Waals surface area contributed by atoms with Crippen molar-refractivity contribution in [2.45, 2.75) is 39.0 Å². The summed E-state index contributed by atoms with van der Waals surface area (Å²) in [4.78, 5) is 26.6. The Morgan fingerprint density at radius 3 is 2.52 bits per heavy atom. The van der Waals surface area contributed by atoms with E-state index < -0.39 is 0 Å². The number of hydrogen-bond acceptors (Lipinski definition) is 4. The first-order chi connectivity index (χ1) is 12.9. The number of carbonyl (C=O) groups is 2. The van der Waals surface area contributed by atoms with Gasteiger partial charge in [-0.2, -0.15) is 0 Å². The van der Waals surface area contributed by atoms with Crippen LogP contribution in [0.5, 0.6) is 0 Å². The molecular formula is C21H23N3O3. The predicted molar refractivity (Wildman–Crippen MR) is 102 cm³/mol. The topological polar surface area (TPSA) is 75.4 Å². The van der Waals surface area contributed by atoms with Crippen LogP contribution in [0.4, 0.5) is 5.69 Å². The number of fused-ring (bicyclic) bond motifs is 2. The second kappa shape index (κ2) is 6.37. The van der Waals surface area contributed by atoms with E-state index in [1.54, 1.807) is 13.8 Å². The van der Waals surface area contributed by atoms with Crippen molar-refractivity contribution in [2.75, 3.05) is 18.4 Å². The SMILES string of the molecule is CC(=O)N1CCC2(C=C(C(=O)Nc3c(C)noc3C)c3ccccc32)CC1. The molecule has 0 bridgehead atoms. The van der Waals surface area contributed by atoms with Gasteiger partial charge in [0.2, 0.25) is 5.91 Å². The number of benzene rings is 1. The highest BCUT2D eigenvalue weighted by molar-refractivity contribution is 6.27. The fraction of sp³-hybridized carbons (Fsp3) is 0.381. The maximum absolute atomic E-state index is 13.1. The van der Waals surface area contributed by atoms with E-state index in [-0.39, 0.29) is 17.2 Å². The number of carbonyl (C=O) groups excluding carboxylic acids is 2. The summed E-state index contributed by atoms with van der Waals surface area (Å²) in [6.07, 6.45) is 3.75. The first kappa shape index (κ1) is 17.5. The standard InChI is InChI=1S/C21H23N3O3/c1-13-19(14(2)27-23-13)22-20(26)17-12-21(18-7-5-4-6-16(17)18)8-10-24(11-9-21)15(3)25/h4-7,12H,8-11H2,1-3H3,(H,22,26). The summed E-state index contributed by atoms with van der Waals surface area (Å²) >= 11 is 0. The van der Waals surface area contributed by atoms with Crippen LogP contribution < -0.4 is 5.32 Å². The van der Waals surface area contributed by atoms with Crippen molar-refractivity contribution >= 4 is 23.1 Å². The molecule has 2 aromatic rings. The molecule has 0 radical (unpaired) electrons. The zero-order chi connectivity index (χ0) is 19.2. The summed E-state index contributed by atoms with van der Waals surface area (Å²) in [6, 6.07) is 8.08. The maximum atomic E-state index is 13.1. The lowest BCUT2D eigenvalue weighted by atomic mass is 9.74. The molecule has 6 heteroatoms. The van der Waals surface area contributed by atoms with Crippen LogP contribution in [0.15, 0.2) is 34.9 Å². The van der Waals surface area contributed by atoms with Crippen molar-refractivity contribution in [1.82, 2.24) is 10.1 Å². The first-order valence-electron chi connectivity index (χ1n) is 9.24. The minimum Gasteiger partial charge on any atom is -0.359 e. The Morgan fingerprint density at radius 2 is 1.89 bits per heavy atom.